The smallest absolute Gasteiger partial charge is 0.242 e. The van der Waals surface area contributed by atoms with Crippen LogP contribution in [0.15, 0.2) is 18.3 Å². The number of rotatable bonds is 3. The number of nitrogens with one attached hydrogen (secondary N) is 1. The Morgan fingerprint density at radius 3 is 2.45 bits per heavy atom. The number of nitrogens with two attached hydrogens (primary N) is 1. The van der Waals surface area contributed by atoms with Crippen LogP contribution in [0.4, 0.5) is 11.5 Å². The molecule has 1 atom stereocenters. The highest BCUT2D eigenvalue weighted by atomic mass is 35.5. The summed E-state index contributed by atoms with van der Waals surface area (Å²) in [5.74, 6) is 0.339. The first-order valence-electron chi connectivity index (χ1n) is 6.44. The summed E-state index contributed by atoms with van der Waals surface area (Å²) in [6, 6.07) is 3.30. The summed E-state index contributed by atoms with van der Waals surface area (Å²) >= 11 is 0. The van der Waals surface area contributed by atoms with E-state index >= 15 is 0 Å². The van der Waals surface area contributed by atoms with Gasteiger partial charge in [-0.1, -0.05) is 0 Å². The van der Waals surface area contributed by atoms with Crippen LogP contribution in [0.5, 0.6) is 0 Å². The molecule has 2 heterocycles. The molecule has 0 radical (unpaired) electrons. The lowest BCUT2D eigenvalue weighted by Gasteiger charge is -2.28. The van der Waals surface area contributed by atoms with E-state index in [0.29, 0.717) is 5.82 Å². The summed E-state index contributed by atoms with van der Waals surface area (Å²) in [6.45, 7) is 3.83. The standard InChI is InChI=1S/C13H20N4O.2ClH/c1-10(14)13(18)16-12-6-5-11(9-15-12)17-7-3-2-4-8-17;;/h5-6,9-10H,2-4,7-8,14H2,1H3,(H,15,16,18);2*1H/t10-;;/m1../s1. The van der Waals surface area contributed by atoms with Crippen LogP contribution >= 0.6 is 24.8 Å². The number of halogens is 2. The highest BCUT2D eigenvalue weighted by Gasteiger charge is 2.12. The van der Waals surface area contributed by atoms with Crippen molar-refractivity contribution in [3.05, 3.63) is 18.3 Å². The van der Waals surface area contributed by atoms with E-state index in [1.165, 1.54) is 19.3 Å². The maximum atomic E-state index is 11.4. The molecule has 0 bridgehead atoms. The molecule has 0 aliphatic carbocycles. The fourth-order valence-corrected chi connectivity index (χ4v) is 2.04. The maximum Gasteiger partial charge on any atom is 0.242 e. The van der Waals surface area contributed by atoms with E-state index in [2.05, 4.69) is 15.2 Å². The molecule has 0 unspecified atom stereocenters. The lowest BCUT2D eigenvalue weighted by molar-refractivity contribution is -0.117. The molecular weight excluding hydrogens is 299 g/mol. The quantitative estimate of drug-likeness (QED) is 0.895. The number of nitrogens with zero attached hydrogens (tertiary/aromatic N) is 2. The normalized spacial score (nSPS) is 15.6. The lowest BCUT2D eigenvalue weighted by atomic mass is 10.1. The molecule has 0 saturated carbocycles. The minimum absolute atomic E-state index is 0. The summed E-state index contributed by atoms with van der Waals surface area (Å²) in [5.41, 5.74) is 6.60. The Labute approximate surface area is 132 Å². The van der Waals surface area contributed by atoms with Crippen molar-refractivity contribution in [1.29, 1.82) is 0 Å². The molecule has 1 aliphatic rings. The van der Waals surface area contributed by atoms with Gasteiger partial charge in [0.05, 0.1) is 17.9 Å². The number of piperidine rings is 1. The molecule has 1 fully saturated rings. The van der Waals surface area contributed by atoms with E-state index in [9.17, 15) is 4.79 Å². The van der Waals surface area contributed by atoms with Gasteiger partial charge >= 0.3 is 0 Å². The molecule has 20 heavy (non-hydrogen) atoms. The van der Waals surface area contributed by atoms with Crippen LogP contribution in [0.1, 0.15) is 26.2 Å². The van der Waals surface area contributed by atoms with Crippen LogP contribution < -0.4 is 16.0 Å². The van der Waals surface area contributed by atoms with Crippen molar-refractivity contribution in [2.75, 3.05) is 23.3 Å². The molecule has 0 aromatic carbocycles. The van der Waals surface area contributed by atoms with Crippen LogP contribution in [0.25, 0.3) is 0 Å². The van der Waals surface area contributed by atoms with Gasteiger partial charge in [0, 0.05) is 13.1 Å². The summed E-state index contributed by atoms with van der Waals surface area (Å²) in [4.78, 5) is 18.0. The van der Waals surface area contributed by atoms with Crippen molar-refractivity contribution in [2.24, 2.45) is 5.73 Å². The molecule has 1 aromatic heterocycles. The van der Waals surface area contributed by atoms with Gasteiger partial charge < -0.3 is 16.0 Å². The van der Waals surface area contributed by atoms with Gasteiger partial charge in [0.1, 0.15) is 5.82 Å². The van der Waals surface area contributed by atoms with Crippen molar-refractivity contribution in [1.82, 2.24) is 4.98 Å². The third-order valence-electron chi connectivity index (χ3n) is 3.13. The number of hydrogen-bond donors (Lipinski definition) is 2. The summed E-state index contributed by atoms with van der Waals surface area (Å²) in [6.07, 6.45) is 5.60. The molecular formula is C13H22Cl2N4O. The van der Waals surface area contributed by atoms with Gasteiger partial charge in [0.25, 0.3) is 0 Å². The largest absolute Gasteiger partial charge is 0.370 e. The molecule has 3 N–H and O–H groups in total. The number of aromatic nitrogens is 1. The van der Waals surface area contributed by atoms with Gasteiger partial charge in [-0.25, -0.2) is 4.98 Å². The second-order valence-corrected chi connectivity index (χ2v) is 4.73. The first-order valence-corrected chi connectivity index (χ1v) is 6.44. The zero-order valence-electron chi connectivity index (χ0n) is 11.5. The molecule has 114 valence electrons. The molecule has 1 aliphatic heterocycles. The van der Waals surface area contributed by atoms with Crippen LogP contribution in [0.3, 0.4) is 0 Å². The minimum Gasteiger partial charge on any atom is -0.370 e. The highest BCUT2D eigenvalue weighted by molar-refractivity contribution is 5.93. The summed E-state index contributed by atoms with van der Waals surface area (Å²) in [5, 5.41) is 2.68. The molecule has 1 saturated heterocycles. The number of carbonyl (C=O) groups is 1. The van der Waals surface area contributed by atoms with E-state index in [1.54, 1.807) is 6.92 Å². The highest BCUT2D eigenvalue weighted by Crippen LogP contribution is 2.19. The van der Waals surface area contributed by atoms with Crippen LogP contribution in [0, 0.1) is 0 Å². The lowest BCUT2D eigenvalue weighted by Crippen LogP contribution is -2.33. The number of hydrogen-bond acceptors (Lipinski definition) is 4. The maximum absolute atomic E-state index is 11.4. The zero-order valence-corrected chi connectivity index (χ0v) is 13.2. The molecule has 5 nitrogen and oxygen atoms in total. The van der Waals surface area contributed by atoms with Crippen molar-refractivity contribution < 1.29 is 4.79 Å². The topological polar surface area (TPSA) is 71.2 Å². The van der Waals surface area contributed by atoms with Gasteiger partial charge in [-0.15, -0.1) is 24.8 Å². The predicted molar refractivity (Wildman–Crippen MR) is 87.1 cm³/mol. The Hall–Kier alpha value is -1.04. The first-order chi connectivity index (χ1) is 8.66. The predicted octanol–water partition coefficient (Wildman–Crippen LogP) is 2.20. The molecule has 2 rings (SSSR count). The third-order valence-corrected chi connectivity index (χ3v) is 3.13. The first kappa shape index (κ1) is 19.0. The van der Waals surface area contributed by atoms with Gasteiger partial charge in [0.2, 0.25) is 5.91 Å². The zero-order chi connectivity index (χ0) is 13.0. The van der Waals surface area contributed by atoms with Crippen molar-refractivity contribution >= 4 is 42.2 Å². The Bertz CT molecular complexity index is 405. The summed E-state index contributed by atoms with van der Waals surface area (Å²) < 4.78 is 0. The van der Waals surface area contributed by atoms with Gasteiger partial charge in [-0.2, -0.15) is 0 Å². The number of amides is 1. The minimum atomic E-state index is -0.520. The fraction of sp³-hybridized carbons (Fsp3) is 0.538. The van der Waals surface area contributed by atoms with Crippen molar-refractivity contribution in [2.45, 2.75) is 32.2 Å². The average Bonchev–Trinajstić information content (AvgIpc) is 2.40. The fourth-order valence-electron chi connectivity index (χ4n) is 2.04. The van der Waals surface area contributed by atoms with E-state index in [0.717, 1.165) is 18.8 Å². The van der Waals surface area contributed by atoms with Crippen LogP contribution in [-0.4, -0.2) is 30.0 Å². The molecule has 7 heteroatoms. The number of pyridine rings is 1. The van der Waals surface area contributed by atoms with Gasteiger partial charge in [0.15, 0.2) is 0 Å². The van der Waals surface area contributed by atoms with E-state index in [4.69, 9.17) is 5.73 Å². The third kappa shape index (κ3) is 5.15. The Kier molecular flexibility index (Phi) is 8.53. The SMILES string of the molecule is C[C@@H](N)C(=O)Nc1ccc(N2CCCCC2)cn1.Cl.Cl. The van der Waals surface area contributed by atoms with E-state index in [-0.39, 0.29) is 30.7 Å². The van der Waals surface area contributed by atoms with E-state index < -0.39 is 6.04 Å². The second kappa shape index (κ2) is 9.00. The Balaban J connectivity index is 0.00000180. The van der Waals surface area contributed by atoms with Gasteiger partial charge in [-0.05, 0) is 38.3 Å². The van der Waals surface area contributed by atoms with Gasteiger partial charge in [-0.3, -0.25) is 4.79 Å². The molecule has 0 spiro atoms. The van der Waals surface area contributed by atoms with Crippen molar-refractivity contribution in [3.63, 3.8) is 0 Å². The van der Waals surface area contributed by atoms with E-state index in [1.807, 2.05) is 18.3 Å². The van der Waals surface area contributed by atoms with Crippen molar-refractivity contribution in [3.8, 4) is 0 Å². The Morgan fingerprint density at radius 2 is 1.95 bits per heavy atom. The monoisotopic (exact) mass is 320 g/mol. The molecule has 1 amide bonds. The number of carbonyl (C=O) groups excluding carboxylic acids is 1. The molecule has 1 aromatic rings. The van der Waals surface area contributed by atoms with Crippen LogP contribution in [0.2, 0.25) is 0 Å². The second-order valence-electron chi connectivity index (χ2n) is 4.73. The number of anilines is 2. The Morgan fingerprint density at radius 1 is 1.30 bits per heavy atom. The van der Waals surface area contributed by atoms with Crippen LogP contribution in [-0.2, 0) is 4.79 Å². The summed E-state index contributed by atoms with van der Waals surface area (Å²) in [7, 11) is 0. The average molecular weight is 321 g/mol.